The predicted octanol–water partition coefficient (Wildman–Crippen LogP) is 12.5. The maximum Gasteiger partial charge on any atom is 0.135 e. The maximum absolute atomic E-state index is 8.68. The van der Waals surface area contributed by atoms with Crippen molar-refractivity contribution < 1.29 is 11.6 Å². The first-order valence-corrected chi connectivity index (χ1v) is 15.1. The van der Waals surface area contributed by atoms with Crippen LogP contribution in [-0.2, 0) is 0 Å². The smallest absolute Gasteiger partial charge is 0.135 e. The summed E-state index contributed by atoms with van der Waals surface area (Å²) in [6, 6.07) is 42.7. The van der Waals surface area contributed by atoms with Crippen molar-refractivity contribution in [3.05, 3.63) is 158 Å². The Labute approximate surface area is 267 Å². The summed E-state index contributed by atoms with van der Waals surface area (Å²) in [4.78, 5) is 0. The van der Waals surface area contributed by atoms with Gasteiger partial charge in [-0.2, -0.15) is 0 Å². The summed E-state index contributed by atoms with van der Waals surface area (Å²) < 4.78 is 48.4. The van der Waals surface area contributed by atoms with Crippen molar-refractivity contribution in [1.82, 2.24) is 0 Å². The first-order chi connectivity index (χ1) is 24.4. The molecule has 0 amide bonds. The molecule has 9 aromatic carbocycles. The van der Waals surface area contributed by atoms with Gasteiger partial charge in [0.25, 0.3) is 0 Å². The van der Waals surface area contributed by atoms with E-state index in [9.17, 15) is 0 Å². The van der Waals surface area contributed by atoms with Gasteiger partial charge in [0.1, 0.15) is 11.5 Å². The van der Waals surface area contributed by atoms with Gasteiger partial charge in [0.2, 0.25) is 0 Å². The fourth-order valence-corrected chi connectivity index (χ4v) is 7.27. The molecule has 0 atom stereocenters. The number of hydrogen-bond donors (Lipinski definition) is 0. The molecule has 1 aliphatic heterocycles. The van der Waals surface area contributed by atoms with E-state index >= 15 is 0 Å². The molecule has 0 bridgehead atoms. The van der Waals surface area contributed by atoms with Crippen LogP contribution in [-0.4, -0.2) is 0 Å². The molecular weight excluding hydrogens is 544 g/mol. The van der Waals surface area contributed by atoms with Crippen LogP contribution in [0.15, 0.2) is 158 Å². The highest BCUT2D eigenvalue weighted by atomic mass is 16.5. The predicted molar refractivity (Wildman–Crippen MR) is 189 cm³/mol. The van der Waals surface area contributed by atoms with Gasteiger partial charge in [-0.25, -0.2) is 0 Å². The van der Waals surface area contributed by atoms with E-state index in [1.807, 2.05) is 30.3 Å². The summed E-state index contributed by atoms with van der Waals surface area (Å²) in [5, 5.41) is 8.48. The molecule has 0 fully saturated rings. The highest BCUT2D eigenvalue weighted by Gasteiger charge is 2.21. The Hall–Kier alpha value is -5.92. The van der Waals surface area contributed by atoms with E-state index in [-0.39, 0.29) is 35.8 Å². The number of rotatable bonds is 3. The third-order valence-corrected chi connectivity index (χ3v) is 9.30. The Morgan fingerprint density at radius 1 is 0.378 bits per heavy atom. The summed E-state index contributed by atoms with van der Waals surface area (Å²) in [6.07, 6.45) is 0. The molecule has 0 aliphatic carbocycles. The topological polar surface area (TPSA) is 9.23 Å². The summed E-state index contributed by atoms with van der Waals surface area (Å²) in [6.45, 7) is 0. The first kappa shape index (κ1) is 20.1. The second-order valence-corrected chi connectivity index (χ2v) is 11.7. The molecular formula is C44H26O. The van der Waals surface area contributed by atoms with Crippen molar-refractivity contribution >= 4 is 43.1 Å². The van der Waals surface area contributed by atoms with Crippen molar-refractivity contribution in [3.63, 3.8) is 0 Å². The fraction of sp³-hybridized carbons (Fsp3) is 0. The molecule has 1 heterocycles. The highest BCUT2D eigenvalue weighted by molar-refractivity contribution is 6.27. The zero-order chi connectivity index (χ0) is 33.8. The number of hydrogen-bond acceptors (Lipinski definition) is 1. The lowest BCUT2D eigenvalue weighted by molar-refractivity contribution is 0.487. The SMILES string of the molecule is [2H]c1c([2H])c([2H])c(-c2ccc3ccc4c(-c5cccc(-c6ccc7c(c6)-c6cccc8cccc(c68)O7)c5)ccc5ccc2c3c54)c([2H])c1[2H]. The Bertz CT molecular complexity index is 2880. The molecule has 0 spiro atoms. The summed E-state index contributed by atoms with van der Waals surface area (Å²) in [5.41, 5.74) is 7.50. The second-order valence-electron chi connectivity index (χ2n) is 11.7. The molecule has 9 aromatic rings. The van der Waals surface area contributed by atoms with Crippen LogP contribution >= 0.6 is 0 Å². The fourth-order valence-electron chi connectivity index (χ4n) is 7.27. The lowest BCUT2D eigenvalue weighted by Gasteiger charge is -2.22. The quantitative estimate of drug-likeness (QED) is 0.190. The first-order valence-electron chi connectivity index (χ1n) is 17.6. The van der Waals surface area contributed by atoms with Gasteiger partial charge in [0, 0.05) is 10.9 Å². The number of ether oxygens (including phenoxy) is 1. The lowest BCUT2D eigenvalue weighted by atomic mass is 9.87. The van der Waals surface area contributed by atoms with E-state index in [2.05, 4.69) is 97.1 Å². The molecule has 0 saturated heterocycles. The summed E-state index contributed by atoms with van der Waals surface area (Å²) in [7, 11) is 0. The molecule has 10 rings (SSSR count). The van der Waals surface area contributed by atoms with Gasteiger partial charge in [-0.15, -0.1) is 0 Å². The molecule has 1 aliphatic rings. The van der Waals surface area contributed by atoms with E-state index in [0.717, 1.165) is 82.4 Å². The van der Waals surface area contributed by atoms with Crippen molar-refractivity contribution in [1.29, 1.82) is 0 Å². The van der Waals surface area contributed by atoms with Gasteiger partial charge in [-0.3, -0.25) is 0 Å². The minimum absolute atomic E-state index is 0.196. The number of fused-ring (bicyclic) bond motifs is 2. The van der Waals surface area contributed by atoms with Gasteiger partial charge in [-0.1, -0.05) is 133 Å². The lowest BCUT2D eigenvalue weighted by Crippen LogP contribution is -1.97. The third kappa shape index (κ3) is 3.62. The van der Waals surface area contributed by atoms with E-state index < -0.39 is 0 Å². The minimum Gasteiger partial charge on any atom is -0.456 e. The molecule has 0 aromatic heterocycles. The normalized spacial score (nSPS) is 13.7. The van der Waals surface area contributed by atoms with E-state index in [0.29, 0.717) is 5.56 Å². The van der Waals surface area contributed by atoms with Gasteiger partial charge < -0.3 is 4.74 Å². The van der Waals surface area contributed by atoms with E-state index in [1.54, 1.807) is 0 Å². The Kier molecular flexibility index (Phi) is 4.15. The molecule has 0 radical (unpaired) electrons. The average Bonchev–Trinajstić information content (AvgIpc) is 3.16. The number of benzene rings is 9. The zero-order valence-corrected chi connectivity index (χ0v) is 24.0. The third-order valence-electron chi connectivity index (χ3n) is 9.30. The molecule has 0 N–H and O–H groups in total. The van der Waals surface area contributed by atoms with E-state index in [4.69, 9.17) is 11.6 Å². The second kappa shape index (κ2) is 9.29. The minimum atomic E-state index is -0.389. The maximum atomic E-state index is 8.68. The summed E-state index contributed by atoms with van der Waals surface area (Å²) >= 11 is 0. The molecule has 208 valence electrons. The van der Waals surface area contributed by atoms with Crippen LogP contribution in [0.2, 0.25) is 0 Å². The Morgan fingerprint density at radius 2 is 1.00 bits per heavy atom. The van der Waals surface area contributed by atoms with Crippen molar-refractivity contribution in [2.75, 3.05) is 0 Å². The molecule has 1 nitrogen and oxygen atoms in total. The van der Waals surface area contributed by atoms with Gasteiger partial charge in [0.15, 0.2) is 0 Å². The highest BCUT2D eigenvalue weighted by Crippen LogP contribution is 2.48. The Balaban J connectivity index is 1.14. The van der Waals surface area contributed by atoms with Crippen LogP contribution in [0.4, 0.5) is 0 Å². The molecule has 45 heavy (non-hydrogen) atoms. The van der Waals surface area contributed by atoms with Crippen LogP contribution in [0.3, 0.4) is 0 Å². The van der Waals surface area contributed by atoms with Crippen LogP contribution in [0, 0.1) is 0 Å². The van der Waals surface area contributed by atoms with Crippen molar-refractivity contribution in [2.24, 2.45) is 0 Å². The van der Waals surface area contributed by atoms with Gasteiger partial charge in [0.05, 0.1) is 6.85 Å². The average molecular weight is 576 g/mol. The summed E-state index contributed by atoms with van der Waals surface area (Å²) in [5.74, 6) is 1.74. The van der Waals surface area contributed by atoms with Gasteiger partial charge in [-0.05, 0) is 101 Å². The van der Waals surface area contributed by atoms with Crippen molar-refractivity contribution in [3.8, 4) is 56.0 Å². The van der Waals surface area contributed by atoms with Crippen LogP contribution < -0.4 is 4.74 Å². The van der Waals surface area contributed by atoms with Crippen molar-refractivity contribution in [2.45, 2.75) is 0 Å². The molecule has 0 saturated carbocycles. The van der Waals surface area contributed by atoms with Crippen LogP contribution in [0.1, 0.15) is 6.85 Å². The molecule has 0 unspecified atom stereocenters. The molecule has 1 heteroatoms. The largest absolute Gasteiger partial charge is 0.456 e. The standard InChI is InChI=1S/C44H26O/c1-2-7-27(8-3-1)34-20-15-29-18-23-38-35(21-16-30-17-22-37(34)43(29)44(30)38)33-12-4-11-31(25-33)32-19-24-40-39(26-32)36-13-5-9-28-10-6-14-41(45-40)42(28)36/h1-26H/i1D,2D,3D,7D,8D. The van der Waals surface area contributed by atoms with Gasteiger partial charge >= 0.3 is 0 Å². The Morgan fingerprint density at radius 3 is 1.78 bits per heavy atom. The van der Waals surface area contributed by atoms with E-state index in [1.165, 1.54) is 5.56 Å². The van der Waals surface area contributed by atoms with Crippen LogP contribution in [0.5, 0.6) is 11.5 Å². The monoisotopic (exact) mass is 575 g/mol. The van der Waals surface area contributed by atoms with Crippen LogP contribution in [0.25, 0.3) is 87.6 Å². The zero-order valence-electron chi connectivity index (χ0n) is 29.0.